The lowest BCUT2D eigenvalue weighted by Crippen LogP contribution is -2.04. The van der Waals surface area contributed by atoms with Crippen molar-refractivity contribution in [2.75, 3.05) is 19.0 Å². The van der Waals surface area contributed by atoms with Gasteiger partial charge in [-0.05, 0) is 19.3 Å². The van der Waals surface area contributed by atoms with E-state index < -0.39 is 0 Å². The van der Waals surface area contributed by atoms with Crippen LogP contribution >= 0.6 is 0 Å². The molecule has 1 saturated carbocycles. The van der Waals surface area contributed by atoms with Crippen LogP contribution in [0.4, 0.5) is 5.82 Å². The van der Waals surface area contributed by atoms with Gasteiger partial charge in [-0.15, -0.1) is 0 Å². The molecule has 1 heterocycles. The van der Waals surface area contributed by atoms with Crippen LogP contribution in [-0.2, 0) is 0 Å². The van der Waals surface area contributed by atoms with Gasteiger partial charge in [-0.2, -0.15) is 0 Å². The van der Waals surface area contributed by atoms with Gasteiger partial charge in [0.15, 0.2) is 0 Å². The van der Waals surface area contributed by atoms with E-state index in [0.29, 0.717) is 5.88 Å². The SMILES string of the molecule is CNc1ncnc(OCCC2CC2)c1C. The van der Waals surface area contributed by atoms with Crippen molar-refractivity contribution in [3.8, 4) is 5.88 Å². The normalized spacial score (nSPS) is 15.1. The summed E-state index contributed by atoms with van der Waals surface area (Å²) in [4.78, 5) is 8.24. The molecule has 4 heteroatoms. The van der Waals surface area contributed by atoms with Crippen LogP contribution in [0.1, 0.15) is 24.8 Å². The molecule has 0 atom stereocenters. The van der Waals surface area contributed by atoms with Crippen LogP contribution in [-0.4, -0.2) is 23.6 Å². The molecule has 4 nitrogen and oxygen atoms in total. The summed E-state index contributed by atoms with van der Waals surface area (Å²) < 4.78 is 5.64. The van der Waals surface area contributed by atoms with Gasteiger partial charge in [0, 0.05) is 7.05 Å². The Labute approximate surface area is 90.1 Å². The third kappa shape index (κ3) is 2.58. The van der Waals surface area contributed by atoms with Gasteiger partial charge in [0.25, 0.3) is 0 Å². The molecule has 0 saturated heterocycles. The highest BCUT2D eigenvalue weighted by molar-refractivity contribution is 5.46. The van der Waals surface area contributed by atoms with Crippen LogP contribution in [0, 0.1) is 12.8 Å². The van der Waals surface area contributed by atoms with E-state index in [9.17, 15) is 0 Å². The van der Waals surface area contributed by atoms with Gasteiger partial charge in [-0.1, -0.05) is 12.8 Å². The Hall–Kier alpha value is -1.32. The molecule has 1 aliphatic rings. The highest BCUT2D eigenvalue weighted by atomic mass is 16.5. The monoisotopic (exact) mass is 207 g/mol. The Balaban J connectivity index is 1.93. The van der Waals surface area contributed by atoms with Crippen LogP contribution in [0.3, 0.4) is 0 Å². The van der Waals surface area contributed by atoms with E-state index in [1.807, 2.05) is 14.0 Å². The molecule has 1 aliphatic carbocycles. The second-order valence-corrected chi connectivity index (χ2v) is 3.98. The zero-order valence-corrected chi connectivity index (χ0v) is 9.29. The van der Waals surface area contributed by atoms with Crippen LogP contribution in [0.25, 0.3) is 0 Å². The Bertz CT molecular complexity index is 337. The van der Waals surface area contributed by atoms with Crippen molar-refractivity contribution in [2.24, 2.45) is 5.92 Å². The topological polar surface area (TPSA) is 47.0 Å². The summed E-state index contributed by atoms with van der Waals surface area (Å²) in [6, 6.07) is 0. The predicted octanol–water partition coefficient (Wildman–Crippen LogP) is 2.01. The summed E-state index contributed by atoms with van der Waals surface area (Å²) in [5.74, 6) is 2.44. The first kappa shape index (κ1) is 10.2. The van der Waals surface area contributed by atoms with Crippen molar-refractivity contribution in [1.29, 1.82) is 0 Å². The van der Waals surface area contributed by atoms with Gasteiger partial charge in [-0.25, -0.2) is 9.97 Å². The molecular weight excluding hydrogens is 190 g/mol. The number of nitrogens with zero attached hydrogens (tertiary/aromatic N) is 2. The predicted molar refractivity (Wildman–Crippen MR) is 59.2 cm³/mol. The molecule has 0 aliphatic heterocycles. The molecule has 2 rings (SSSR count). The van der Waals surface area contributed by atoms with E-state index in [1.165, 1.54) is 19.2 Å². The van der Waals surface area contributed by atoms with Crippen molar-refractivity contribution in [3.63, 3.8) is 0 Å². The number of nitrogens with one attached hydrogen (secondary N) is 1. The van der Waals surface area contributed by atoms with Gasteiger partial charge in [-0.3, -0.25) is 0 Å². The molecule has 15 heavy (non-hydrogen) atoms. The largest absolute Gasteiger partial charge is 0.477 e. The number of rotatable bonds is 5. The molecule has 0 radical (unpaired) electrons. The molecule has 0 aromatic carbocycles. The fourth-order valence-corrected chi connectivity index (χ4v) is 1.56. The molecule has 0 amide bonds. The Morgan fingerprint density at radius 3 is 2.93 bits per heavy atom. The van der Waals surface area contributed by atoms with Crippen molar-refractivity contribution in [3.05, 3.63) is 11.9 Å². The van der Waals surface area contributed by atoms with Crippen molar-refractivity contribution in [1.82, 2.24) is 9.97 Å². The van der Waals surface area contributed by atoms with Crippen molar-refractivity contribution in [2.45, 2.75) is 26.2 Å². The minimum atomic E-state index is 0.704. The van der Waals surface area contributed by atoms with Crippen molar-refractivity contribution < 1.29 is 4.74 Å². The maximum absolute atomic E-state index is 5.64. The van der Waals surface area contributed by atoms with Gasteiger partial charge in [0.2, 0.25) is 5.88 Å². The summed E-state index contributed by atoms with van der Waals surface area (Å²) in [5.41, 5.74) is 0.982. The van der Waals surface area contributed by atoms with Crippen molar-refractivity contribution >= 4 is 5.82 Å². The lowest BCUT2D eigenvalue weighted by molar-refractivity contribution is 0.289. The number of ether oxygens (including phenoxy) is 1. The minimum absolute atomic E-state index is 0.704. The molecule has 82 valence electrons. The van der Waals surface area contributed by atoms with Crippen LogP contribution in [0.2, 0.25) is 0 Å². The molecule has 1 fully saturated rings. The summed E-state index contributed by atoms with van der Waals surface area (Å²) in [6.07, 6.45) is 5.42. The second-order valence-electron chi connectivity index (χ2n) is 3.98. The first-order valence-corrected chi connectivity index (χ1v) is 5.43. The average Bonchev–Trinajstić information content (AvgIpc) is 3.04. The lowest BCUT2D eigenvalue weighted by Gasteiger charge is -2.09. The third-order valence-corrected chi connectivity index (χ3v) is 2.74. The highest BCUT2D eigenvalue weighted by Gasteiger charge is 2.21. The van der Waals surface area contributed by atoms with Gasteiger partial charge in [0.05, 0.1) is 12.2 Å². The first-order chi connectivity index (χ1) is 7.31. The summed E-state index contributed by atoms with van der Waals surface area (Å²) in [5, 5.41) is 3.02. The standard InChI is InChI=1S/C11H17N3O/c1-8-10(12-2)13-7-14-11(8)15-6-5-9-3-4-9/h7,9H,3-6H2,1-2H3,(H,12,13,14). The molecule has 1 aromatic heterocycles. The Morgan fingerprint density at radius 1 is 1.47 bits per heavy atom. The van der Waals surface area contributed by atoms with Gasteiger partial charge >= 0.3 is 0 Å². The quantitative estimate of drug-likeness (QED) is 0.802. The average molecular weight is 207 g/mol. The Morgan fingerprint density at radius 2 is 2.27 bits per heavy atom. The maximum atomic E-state index is 5.64. The molecule has 0 spiro atoms. The summed E-state index contributed by atoms with van der Waals surface area (Å²) in [7, 11) is 1.85. The third-order valence-electron chi connectivity index (χ3n) is 2.74. The van der Waals surface area contributed by atoms with E-state index in [4.69, 9.17) is 4.74 Å². The van der Waals surface area contributed by atoms with Gasteiger partial charge in [0.1, 0.15) is 12.1 Å². The molecule has 1 aromatic rings. The number of aromatic nitrogens is 2. The number of hydrogen-bond acceptors (Lipinski definition) is 4. The summed E-state index contributed by atoms with van der Waals surface area (Å²) >= 11 is 0. The van der Waals surface area contributed by atoms with E-state index in [-0.39, 0.29) is 0 Å². The van der Waals surface area contributed by atoms with E-state index >= 15 is 0 Å². The second kappa shape index (κ2) is 4.47. The van der Waals surface area contributed by atoms with E-state index in [1.54, 1.807) is 0 Å². The van der Waals surface area contributed by atoms with Crippen LogP contribution < -0.4 is 10.1 Å². The minimum Gasteiger partial charge on any atom is -0.477 e. The molecule has 0 unspecified atom stereocenters. The lowest BCUT2D eigenvalue weighted by atomic mass is 10.3. The fourth-order valence-electron chi connectivity index (χ4n) is 1.56. The number of hydrogen-bond donors (Lipinski definition) is 1. The highest BCUT2D eigenvalue weighted by Crippen LogP contribution is 2.32. The smallest absolute Gasteiger partial charge is 0.221 e. The Kier molecular flexibility index (Phi) is 3.04. The zero-order chi connectivity index (χ0) is 10.7. The van der Waals surface area contributed by atoms with E-state index in [0.717, 1.165) is 30.3 Å². The fraction of sp³-hybridized carbons (Fsp3) is 0.636. The summed E-state index contributed by atoms with van der Waals surface area (Å²) in [6.45, 7) is 2.74. The number of anilines is 1. The van der Waals surface area contributed by atoms with Gasteiger partial charge < -0.3 is 10.1 Å². The first-order valence-electron chi connectivity index (χ1n) is 5.43. The molecule has 1 N–H and O–H groups in total. The molecular formula is C11H17N3O. The van der Waals surface area contributed by atoms with Crippen LogP contribution in [0.15, 0.2) is 6.33 Å². The zero-order valence-electron chi connectivity index (χ0n) is 9.29. The molecule has 0 bridgehead atoms. The van der Waals surface area contributed by atoms with E-state index in [2.05, 4.69) is 15.3 Å². The van der Waals surface area contributed by atoms with Crippen LogP contribution in [0.5, 0.6) is 5.88 Å². The maximum Gasteiger partial charge on any atom is 0.221 e.